The minimum Gasteiger partial charge on any atom is -0.334 e. The van der Waals surface area contributed by atoms with Crippen LogP contribution in [0.15, 0.2) is 48.5 Å². The lowest BCUT2D eigenvalue weighted by Crippen LogP contribution is -2.57. The van der Waals surface area contributed by atoms with Gasteiger partial charge in [0.15, 0.2) is 0 Å². The molecule has 2 bridgehead atoms. The number of benzene rings is 2. The second-order valence-corrected chi connectivity index (χ2v) is 6.90. The number of nitrogens with one attached hydrogen (secondary N) is 2. The van der Waals surface area contributed by atoms with Crippen molar-refractivity contribution in [3.8, 4) is 11.1 Å². The first-order valence-electron chi connectivity index (χ1n) is 8.84. The molecule has 3 saturated heterocycles. The van der Waals surface area contributed by atoms with Gasteiger partial charge in [0.2, 0.25) is 0 Å². The van der Waals surface area contributed by atoms with Crippen LogP contribution in [0.25, 0.3) is 11.1 Å². The summed E-state index contributed by atoms with van der Waals surface area (Å²) in [5, 5.41) is 6.01. The Hall–Kier alpha value is -2.40. The molecule has 0 saturated carbocycles. The molecule has 3 heterocycles. The van der Waals surface area contributed by atoms with E-state index in [1.807, 2.05) is 30.3 Å². The summed E-state index contributed by atoms with van der Waals surface area (Å²) in [6, 6.07) is 14.0. The number of fused-ring (bicyclic) bond motifs is 3. The van der Waals surface area contributed by atoms with E-state index in [4.69, 9.17) is 0 Å². The average Bonchev–Trinajstić information content (AvgIpc) is 2.65. The van der Waals surface area contributed by atoms with Crippen LogP contribution in [0.4, 0.5) is 14.9 Å². The zero-order valence-electron chi connectivity index (χ0n) is 14.0. The maximum absolute atomic E-state index is 13.7. The van der Waals surface area contributed by atoms with E-state index in [1.54, 1.807) is 6.07 Å². The average molecular weight is 339 g/mol. The second kappa shape index (κ2) is 6.84. The maximum Gasteiger partial charge on any atom is 0.319 e. The van der Waals surface area contributed by atoms with Crippen molar-refractivity contribution in [2.24, 2.45) is 5.92 Å². The highest BCUT2D eigenvalue weighted by Gasteiger charge is 2.34. The number of hydrogen-bond acceptors (Lipinski definition) is 2. The van der Waals surface area contributed by atoms with Crippen molar-refractivity contribution in [1.82, 2.24) is 10.2 Å². The highest BCUT2D eigenvalue weighted by atomic mass is 19.1. The number of hydrogen-bond donors (Lipinski definition) is 2. The molecule has 2 aromatic rings. The lowest BCUT2D eigenvalue weighted by molar-refractivity contribution is 0.0777. The molecule has 2 amide bonds. The summed E-state index contributed by atoms with van der Waals surface area (Å²) in [6.45, 7) is 3.20. The zero-order chi connectivity index (χ0) is 17.2. The van der Waals surface area contributed by atoms with Crippen molar-refractivity contribution >= 4 is 11.7 Å². The van der Waals surface area contributed by atoms with Crippen molar-refractivity contribution in [1.29, 1.82) is 0 Å². The standard InChI is InChI=1S/C20H22FN3O/c21-16-6-7-18(17(12-16)14-4-2-1-3-5-14)22-20(25)23-19-13-24-10-8-15(19)9-11-24/h1-7,12,15,19H,8-11,13H2,(H2,22,23,25)/t19-/m0/s1. The number of halogens is 1. The molecule has 5 rings (SSSR count). The zero-order valence-corrected chi connectivity index (χ0v) is 14.0. The molecule has 130 valence electrons. The lowest BCUT2D eigenvalue weighted by Gasteiger charge is -2.44. The van der Waals surface area contributed by atoms with Gasteiger partial charge in [-0.2, -0.15) is 0 Å². The molecule has 2 aromatic carbocycles. The molecule has 0 radical (unpaired) electrons. The van der Waals surface area contributed by atoms with Crippen molar-refractivity contribution < 1.29 is 9.18 Å². The third-order valence-electron chi connectivity index (χ3n) is 5.29. The Balaban J connectivity index is 1.50. The van der Waals surface area contributed by atoms with Gasteiger partial charge in [-0.25, -0.2) is 9.18 Å². The van der Waals surface area contributed by atoms with Crippen molar-refractivity contribution in [2.45, 2.75) is 18.9 Å². The van der Waals surface area contributed by atoms with E-state index in [2.05, 4.69) is 15.5 Å². The molecular weight excluding hydrogens is 317 g/mol. The van der Waals surface area contributed by atoms with Crippen LogP contribution in [-0.4, -0.2) is 36.6 Å². The lowest BCUT2D eigenvalue weighted by atomic mass is 9.84. The third kappa shape index (κ3) is 3.51. The van der Waals surface area contributed by atoms with Crippen LogP contribution in [0, 0.1) is 11.7 Å². The monoisotopic (exact) mass is 339 g/mol. The quantitative estimate of drug-likeness (QED) is 0.895. The fourth-order valence-corrected chi connectivity index (χ4v) is 3.94. The Labute approximate surface area is 147 Å². The van der Waals surface area contributed by atoms with Crippen LogP contribution >= 0.6 is 0 Å². The van der Waals surface area contributed by atoms with Gasteiger partial charge in [0.25, 0.3) is 0 Å². The smallest absolute Gasteiger partial charge is 0.319 e. The fraction of sp³-hybridized carbons (Fsp3) is 0.350. The molecule has 3 aliphatic heterocycles. The van der Waals surface area contributed by atoms with E-state index >= 15 is 0 Å². The molecule has 1 atom stereocenters. The topological polar surface area (TPSA) is 44.4 Å². The SMILES string of the molecule is O=C(Nc1ccc(F)cc1-c1ccccc1)N[C@H]1CN2CCC1CC2. The van der Waals surface area contributed by atoms with E-state index in [1.165, 1.54) is 12.1 Å². The van der Waals surface area contributed by atoms with Crippen LogP contribution in [0.2, 0.25) is 0 Å². The number of carbonyl (C=O) groups is 1. The molecule has 5 heteroatoms. The first kappa shape index (κ1) is 16.1. The predicted octanol–water partition coefficient (Wildman–Crippen LogP) is 3.71. The molecule has 25 heavy (non-hydrogen) atoms. The number of urea groups is 1. The van der Waals surface area contributed by atoms with Crippen molar-refractivity contribution in [3.63, 3.8) is 0 Å². The first-order chi connectivity index (χ1) is 12.2. The summed E-state index contributed by atoms with van der Waals surface area (Å²) < 4.78 is 13.7. The van der Waals surface area contributed by atoms with Crippen LogP contribution in [0.5, 0.6) is 0 Å². The molecule has 3 fully saturated rings. The molecule has 0 unspecified atom stereocenters. The minimum absolute atomic E-state index is 0.197. The molecule has 4 nitrogen and oxygen atoms in total. The van der Waals surface area contributed by atoms with Gasteiger partial charge < -0.3 is 15.5 Å². The van der Waals surface area contributed by atoms with Gasteiger partial charge in [-0.1, -0.05) is 30.3 Å². The molecule has 0 spiro atoms. The largest absolute Gasteiger partial charge is 0.334 e. The summed E-state index contributed by atoms with van der Waals surface area (Å²) in [7, 11) is 0. The van der Waals surface area contributed by atoms with Crippen molar-refractivity contribution in [3.05, 3.63) is 54.3 Å². The number of rotatable bonds is 3. The number of anilines is 1. The van der Waals surface area contributed by atoms with E-state index in [-0.39, 0.29) is 17.9 Å². The highest BCUT2D eigenvalue weighted by molar-refractivity contribution is 5.94. The second-order valence-electron chi connectivity index (χ2n) is 6.90. The maximum atomic E-state index is 13.7. The van der Waals surface area contributed by atoms with E-state index in [0.29, 0.717) is 17.2 Å². The number of piperidine rings is 3. The fourth-order valence-electron chi connectivity index (χ4n) is 3.94. The summed E-state index contributed by atoms with van der Waals surface area (Å²) >= 11 is 0. The Bertz CT molecular complexity index is 757. The first-order valence-corrected chi connectivity index (χ1v) is 8.84. The van der Waals surface area contributed by atoms with Gasteiger partial charge in [-0.3, -0.25) is 0 Å². The summed E-state index contributed by atoms with van der Waals surface area (Å²) in [4.78, 5) is 14.9. The third-order valence-corrected chi connectivity index (χ3v) is 5.29. The summed E-state index contributed by atoms with van der Waals surface area (Å²) in [5.74, 6) is 0.250. The van der Waals surface area contributed by atoms with Crippen molar-refractivity contribution in [2.75, 3.05) is 25.0 Å². The van der Waals surface area contributed by atoms with Gasteiger partial charge in [0.05, 0.1) is 5.69 Å². The Kier molecular flexibility index (Phi) is 4.40. The van der Waals surface area contributed by atoms with Gasteiger partial charge in [0.1, 0.15) is 5.82 Å². The van der Waals surface area contributed by atoms with Crippen LogP contribution in [0.3, 0.4) is 0 Å². The molecule has 3 aliphatic rings. The molecule has 2 N–H and O–H groups in total. The highest BCUT2D eigenvalue weighted by Crippen LogP contribution is 2.30. The van der Waals surface area contributed by atoms with Crippen LogP contribution in [0.1, 0.15) is 12.8 Å². The van der Waals surface area contributed by atoms with E-state index in [0.717, 1.165) is 38.0 Å². The summed E-state index contributed by atoms with van der Waals surface area (Å²) in [5.41, 5.74) is 2.18. The van der Waals surface area contributed by atoms with Gasteiger partial charge in [0, 0.05) is 18.2 Å². The number of carbonyl (C=O) groups excluding carboxylic acids is 1. The predicted molar refractivity (Wildman–Crippen MR) is 96.9 cm³/mol. The Morgan fingerprint density at radius 3 is 2.52 bits per heavy atom. The number of nitrogens with zero attached hydrogens (tertiary/aromatic N) is 1. The van der Waals surface area contributed by atoms with E-state index in [9.17, 15) is 9.18 Å². The van der Waals surface area contributed by atoms with Crippen LogP contribution < -0.4 is 10.6 Å². The molecule has 0 aromatic heterocycles. The van der Waals surface area contributed by atoms with Gasteiger partial charge in [-0.05, 0) is 55.6 Å². The van der Waals surface area contributed by atoms with Gasteiger partial charge >= 0.3 is 6.03 Å². The normalized spacial score (nSPS) is 24.8. The van der Waals surface area contributed by atoms with Crippen LogP contribution in [-0.2, 0) is 0 Å². The number of amides is 2. The van der Waals surface area contributed by atoms with E-state index < -0.39 is 0 Å². The Morgan fingerprint density at radius 2 is 1.84 bits per heavy atom. The molecule has 0 aliphatic carbocycles. The Morgan fingerprint density at radius 1 is 1.08 bits per heavy atom. The molecular formula is C20H22FN3O. The minimum atomic E-state index is -0.317. The van der Waals surface area contributed by atoms with Gasteiger partial charge in [-0.15, -0.1) is 0 Å². The summed E-state index contributed by atoms with van der Waals surface area (Å²) in [6.07, 6.45) is 2.30.